The van der Waals surface area contributed by atoms with Crippen molar-refractivity contribution in [3.05, 3.63) is 76.2 Å². The van der Waals surface area contributed by atoms with Crippen LogP contribution in [0.1, 0.15) is 11.3 Å². The Labute approximate surface area is 142 Å². The average molecular weight is 333 g/mol. The molecule has 0 radical (unpaired) electrons. The van der Waals surface area contributed by atoms with Crippen molar-refractivity contribution in [3.8, 4) is 5.69 Å². The molecule has 0 aliphatic rings. The first-order valence-corrected chi connectivity index (χ1v) is 7.74. The third-order valence-electron chi connectivity index (χ3n) is 3.78. The fourth-order valence-corrected chi connectivity index (χ4v) is 2.54. The molecule has 2 heterocycles. The number of hydrogen-bond donors (Lipinski definition) is 2. The number of nitrogens with zero attached hydrogens (tertiary/aromatic N) is 3. The van der Waals surface area contributed by atoms with E-state index < -0.39 is 0 Å². The quantitative estimate of drug-likeness (QED) is 0.444. The molecule has 0 saturated carbocycles. The predicted octanol–water partition coefficient (Wildman–Crippen LogP) is 3.06. The minimum atomic E-state index is -0.174. The van der Waals surface area contributed by atoms with Gasteiger partial charge in [-0.05, 0) is 31.2 Å². The van der Waals surface area contributed by atoms with E-state index in [1.807, 2.05) is 61.5 Å². The van der Waals surface area contributed by atoms with Crippen molar-refractivity contribution in [2.75, 3.05) is 5.43 Å². The molecule has 0 aliphatic heterocycles. The lowest BCUT2D eigenvalue weighted by Crippen LogP contribution is -2.17. The fraction of sp³-hybridized carbons (Fsp3) is 0.0556. The zero-order chi connectivity index (χ0) is 17.2. The largest absolute Gasteiger partial charge is 0.422 e. The van der Waals surface area contributed by atoms with Crippen LogP contribution in [0.3, 0.4) is 0 Å². The van der Waals surface area contributed by atoms with Crippen LogP contribution in [0.5, 0.6) is 0 Å². The van der Waals surface area contributed by atoms with E-state index in [1.165, 1.54) is 10.9 Å². The highest BCUT2D eigenvalue weighted by atomic mass is 16.4. The molecule has 0 spiro atoms. The molecule has 0 bridgehead atoms. The maximum atomic E-state index is 12.5. The van der Waals surface area contributed by atoms with Crippen LogP contribution < -0.4 is 11.0 Å². The Morgan fingerprint density at radius 1 is 1.16 bits per heavy atom. The number of H-pyrrole nitrogens is 1. The number of aromatic nitrogens is 3. The summed E-state index contributed by atoms with van der Waals surface area (Å²) in [4.78, 5) is 16.8. The second-order valence-electron chi connectivity index (χ2n) is 5.48. The minimum Gasteiger partial charge on any atom is -0.422 e. The van der Waals surface area contributed by atoms with Crippen molar-refractivity contribution < 1.29 is 4.42 Å². The number of anilines is 1. The Kier molecular flexibility index (Phi) is 3.66. The SMILES string of the molecule is Cc1[nH]n(-c2ccccc2)c(=O)c1/C=N\Nc1nc2ccccc2o1. The molecular weight excluding hydrogens is 318 g/mol. The summed E-state index contributed by atoms with van der Waals surface area (Å²) in [5, 5.41) is 7.12. The summed E-state index contributed by atoms with van der Waals surface area (Å²) < 4.78 is 7.00. The number of hydrazone groups is 1. The molecule has 0 saturated heterocycles. The van der Waals surface area contributed by atoms with Crippen molar-refractivity contribution in [1.82, 2.24) is 14.8 Å². The molecule has 124 valence electrons. The smallest absolute Gasteiger partial charge is 0.316 e. The maximum absolute atomic E-state index is 12.5. The zero-order valence-corrected chi connectivity index (χ0v) is 13.4. The van der Waals surface area contributed by atoms with Gasteiger partial charge in [-0.15, -0.1) is 0 Å². The van der Waals surface area contributed by atoms with E-state index in [0.717, 1.165) is 16.9 Å². The highest BCUT2D eigenvalue weighted by Crippen LogP contribution is 2.17. The van der Waals surface area contributed by atoms with Crippen LogP contribution in [0.4, 0.5) is 6.01 Å². The first-order chi connectivity index (χ1) is 12.2. The van der Waals surface area contributed by atoms with E-state index in [-0.39, 0.29) is 11.6 Å². The van der Waals surface area contributed by atoms with Crippen molar-refractivity contribution >= 4 is 23.3 Å². The molecule has 0 aliphatic carbocycles. The Hall–Kier alpha value is -3.61. The number of para-hydroxylation sites is 3. The third kappa shape index (κ3) is 2.83. The van der Waals surface area contributed by atoms with E-state index in [4.69, 9.17) is 4.42 Å². The van der Waals surface area contributed by atoms with Crippen molar-refractivity contribution in [3.63, 3.8) is 0 Å². The van der Waals surface area contributed by atoms with Gasteiger partial charge in [-0.3, -0.25) is 9.89 Å². The molecule has 2 N–H and O–H groups in total. The second-order valence-corrected chi connectivity index (χ2v) is 5.48. The lowest BCUT2D eigenvalue weighted by atomic mass is 10.3. The molecule has 7 nitrogen and oxygen atoms in total. The molecule has 4 aromatic rings. The van der Waals surface area contributed by atoms with Crippen LogP contribution in [0.25, 0.3) is 16.8 Å². The Balaban J connectivity index is 1.59. The summed E-state index contributed by atoms with van der Waals surface area (Å²) in [5.74, 6) is 0. The average Bonchev–Trinajstić information content (AvgIpc) is 3.17. The Morgan fingerprint density at radius 2 is 1.92 bits per heavy atom. The molecule has 4 rings (SSSR count). The zero-order valence-electron chi connectivity index (χ0n) is 13.4. The van der Waals surface area contributed by atoms with Crippen molar-refractivity contribution in [1.29, 1.82) is 0 Å². The van der Waals surface area contributed by atoms with Gasteiger partial charge in [-0.1, -0.05) is 30.3 Å². The molecule has 2 aromatic heterocycles. The van der Waals surface area contributed by atoms with E-state index in [2.05, 4.69) is 20.6 Å². The van der Waals surface area contributed by atoms with Gasteiger partial charge < -0.3 is 4.42 Å². The molecule has 25 heavy (non-hydrogen) atoms. The third-order valence-corrected chi connectivity index (χ3v) is 3.78. The molecule has 0 unspecified atom stereocenters. The van der Waals surface area contributed by atoms with Gasteiger partial charge in [0.05, 0.1) is 17.5 Å². The number of rotatable bonds is 4. The number of hydrogen-bond acceptors (Lipinski definition) is 5. The number of benzene rings is 2. The van der Waals surface area contributed by atoms with Gasteiger partial charge in [0.1, 0.15) is 5.52 Å². The monoisotopic (exact) mass is 333 g/mol. The van der Waals surface area contributed by atoms with Gasteiger partial charge >= 0.3 is 6.01 Å². The van der Waals surface area contributed by atoms with Crippen LogP contribution in [-0.2, 0) is 0 Å². The Bertz CT molecular complexity index is 1070. The van der Waals surface area contributed by atoms with Gasteiger partial charge in [0.15, 0.2) is 5.58 Å². The molecule has 7 heteroatoms. The summed E-state index contributed by atoms with van der Waals surface area (Å²) in [5.41, 5.74) is 5.90. The fourth-order valence-electron chi connectivity index (χ4n) is 2.54. The van der Waals surface area contributed by atoms with Gasteiger partial charge in [-0.2, -0.15) is 10.1 Å². The number of nitrogens with one attached hydrogen (secondary N) is 2. The number of fused-ring (bicyclic) bond motifs is 1. The van der Waals surface area contributed by atoms with E-state index in [0.29, 0.717) is 11.1 Å². The standard InChI is InChI=1S/C18H15N5O2/c1-12-14(17(24)23(22-12)13-7-3-2-4-8-13)11-19-21-18-20-15-9-5-6-10-16(15)25-18/h2-11,22H,1H3,(H,20,21)/b19-11-. The first-order valence-electron chi connectivity index (χ1n) is 7.74. The minimum absolute atomic E-state index is 0.174. The highest BCUT2D eigenvalue weighted by molar-refractivity contribution is 5.81. The summed E-state index contributed by atoms with van der Waals surface area (Å²) in [6, 6.07) is 17.1. The second kappa shape index (κ2) is 6.12. The number of aryl methyl sites for hydroxylation is 1. The molecule has 0 atom stereocenters. The van der Waals surface area contributed by atoms with Crippen LogP contribution >= 0.6 is 0 Å². The van der Waals surface area contributed by atoms with Gasteiger partial charge in [-0.25, -0.2) is 10.1 Å². The molecule has 2 aromatic carbocycles. The van der Waals surface area contributed by atoms with Gasteiger partial charge in [0.25, 0.3) is 5.56 Å². The van der Waals surface area contributed by atoms with Crippen LogP contribution in [0.2, 0.25) is 0 Å². The van der Waals surface area contributed by atoms with E-state index in [1.54, 1.807) is 0 Å². The van der Waals surface area contributed by atoms with Crippen molar-refractivity contribution in [2.24, 2.45) is 5.10 Å². The van der Waals surface area contributed by atoms with Crippen LogP contribution in [0.15, 0.2) is 68.9 Å². The van der Waals surface area contributed by atoms with Gasteiger partial charge in [0.2, 0.25) is 0 Å². The van der Waals surface area contributed by atoms with Crippen molar-refractivity contribution in [2.45, 2.75) is 6.92 Å². The van der Waals surface area contributed by atoms with E-state index in [9.17, 15) is 4.79 Å². The highest BCUT2D eigenvalue weighted by Gasteiger charge is 2.10. The van der Waals surface area contributed by atoms with Crippen LogP contribution in [0, 0.1) is 6.92 Å². The molecule has 0 fully saturated rings. The molecule has 0 amide bonds. The first kappa shape index (κ1) is 14.9. The lowest BCUT2D eigenvalue weighted by Gasteiger charge is -1.99. The summed E-state index contributed by atoms with van der Waals surface area (Å²) in [6.45, 7) is 1.82. The molecular formula is C18H15N5O2. The topological polar surface area (TPSA) is 88.2 Å². The normalized spacial score (nSPS) is 11.4. The summed E-state index contributed by atoms with van der Waals surface area (Å²) in [6.07, 6.45) is 1.46. The van der Waals surface area contributed by atoms with Gasteiger partial charge in [0, 0.05) is 5.69 Å². The maximum Gasteiger partial charge on any atom is 0.316 e. The predicted molar refractivity (Wildman–Crippen MR) is 96.4 cm³/mol. The summed E-state index contributed by atoms with van der Waals surface area (Å²) >= 11 is 0. The lowest BCUT2D eigenvalue weighted by molar-refractivity contribution is 0.617. The summed E-state index contributed by atoms with van der Waals surface area (Å²) in [7, 11) is 0. The number of aromatic amines is 1. The Morgan fingerprint density at radius 3 is 2.72 bits per heavy atom. The van der Waals surface area contributed by atoms with E-state index >= 15 is 0 Å². The van der Waals surface area contributed by atoms with Crippen LogP contribution in [-0.4, -0.2) is 21.0 Å². The number of oxazole rings is 1.